The van der Waals surface area contributed by atoms with Crippen molar-refractivity contribution in [3.8, 4) is 107 Å². The van der Waals surface area contributed by atoms with Crippen LogP contribution in [0.2, 0.25) is 0 Å². The second-order valence-corrected chi connectivity index (χ2v) is 21.1. The van der Waals surface area contributed by atoms with Crippen molar-refractivity contribution < 1.29 is 27.1 Å². The Morgan fingerprint density at radius 3 is 1.81 bits per heavy atom. The molecule has 0 saturated heterocycles. The lowest BCUT2D eigenvalue weighted by Gasteiger charge is -2.20. The second-order valence-electron chi connectivity index (χ2n) is 21.1. The summed E-state index contributed by atoms with van der Waals surface area (Å²) in [6.45, 7) is 6.55. The van der Waals surface area contributed by atoms with Crippen LogP contribution in [0.4, 0.5) is 0 Å². The Morgan fingerprint density at radius 2 is 1.05 bits per heavy atom. The van der Waals surface area contributed by atoms with E-state index in [-0.39, 0.29) is 16.5 Å². The normalized spacial score (nSPS) is 14.1. The zero-order valence-electron chi connectivity index (χ0n) is 57.2. The van der Waals surface area contributed by atoms with Gasteiger partial charge < -0.3 is 4.74 Å². The Labute approximate surface area is 489 Å². The molecule has 5 heteroatoms. The van der Waals surface area contributed by atoms with E-state index < -0.39 is 101 Å². The Kier molecular flexibility index (Phi) is 8.53. The molecule has 0 N–H and O–H groups in total. The second kappa shape index (κ2) is 19.2. The number of imidazole rings is 1. The van der Waals surface area contributed by atoms with E-state index >= 15 is 0 Å². The van der Waals surface area contributed by atoms with Crippen LogP contribution in [0.5, 0.6) is 11.5 Å². The standard InChI is InChI=1S/C76H54N4O/c1-76(2,3)56-41-42-77-72(46-56)80-69-37-16-15-31-64(69)65-40-39-59(48-71(65)80)81-58-28-17-27-57(47-58)78-49-79-74-61(55-44-53(50-21-7-4-8-22-50)43-54(45-55)51-23-9-5-10-24-51)33-19-35-67(74)63-30-14-13-29-62(63)66-34-18-32-60(52-25-11-6-12-26-52)73(66)68-36-20-38-70(78)75(68)79/h4-48H,1-3H3/i4D,5D,7D,8D,9D,10D,21D,22D,23D,24D,43D,44D,45D. The molecule has 0 aliphatic carbocycles. The van der Waals surface area contributed by atoms with Crippen molar-refractivity contribution in [2.75, 3.05) is 0 Å². The molecule has 0 fully saturated rings. The summed E-state index contributed by atoms with van der Waals surface area (Å²) in [6, 6.07) is 52.5. The molecule has 81 heavy (non-hydrogen) atoms. The molecule has 0 unspecified atom stereocenters. The molecule has 0 amide bonds. The van der Waals surface area contributed by atoms with Crippen molar-refractivity contribution in [3.63, 3.8) is 0 Å². The monoisotopic (exact) mass is 1050 g/mol. The number of aromatic nitrogens is 4. The van der Waals surface area contributed by atoms with E-state index in [1.807, 2.05) is 131 Å². The minimum absolute atomic E-state index is 0.123. The van der Waals surface area contributed by atoms with E-state index in [2.05, 4.69) is 92.3 Å². The number of fused-ring (bicyclic) bond motifs is 10. The van der Waals surface area contributed by atoms with Gasteiger partial charge in [-0.2, -0.15) is 0 Å². The Hall–Kier alpha value is -10.4. The van der Waals surface area contributed by atoms with Crippen LogP contribution in [0.15, 0.2) is 273 Å². The molecule has 0 radical (unpaired) electrons. The third-order valence-corrected chi connectivity index (χ3v) is 15.2. The molecule has 1 aliphatic heterocycles. The topological polar surface area (TPSA) is 35.9 Å². The van der Waals surface area contributed by atoms with E-state index in [1.165, 1.54) is 0 Å². The minimum Gasteiger partial charge on any atom is -0.458 e. The van der Waals surface area contributed by atoms with Crippen molar-refractivity contribution in [1.29, 1.82) is 0 Å². The number of hydrogen-bond acceptors (Lipinski definition) is 2. The number of hydrogen-bond donors (Lipinski definition) is 0. The number of para-hydroxylation sites is 3. The molecule has 384 valence electrons. The first-order valence-electron chi connectivity index (χ1n) is 33.2. The minimum atomic E-state index is -0.747. The predicted molar refractivity (Wildman–Crippen MR) is 333 cm³/mol. The summed E-state index contributed by atoms with van der Waals surface area (Å²) in [7, 11) is 0. The van der Waals surface area contributed by atoms with Gasteiger partial charge in [-0.1, -0.05) is 215 Å². The van der Waals surface area contributed by atoms with Gasteiger partial charge in [0, 0.05) is 23.0 Å². The van der Waals surface area contributed by atoms with Crippen molar-refractivity contribution in [3.05, 3.63) is 285 Å². The van der Waals surface area contributed by atoms with Gasteiger partial charge in [0.25, 0.3) is 6.33 Å². The molecular weight excluding hydrogens is 985 g/mol. The maximum Gasteiger partial charge on any atom is 0.269 e. The Bertz CT molecular complexity index is 5420. The third kappa shape index (κ3) is 8.24. The molecule has 1 aliphatic rings. The summed E-state index contributed by atoms with van der Waals surface area (Å²) in [5.74, 6) is 1.86. The number of pyridine rings is 1. The first kappa shape index (κ1) is 35.9. The van der Waals surface area contributed by atoms with E-state index in [9.17, 15) is 9.60 Å². The average Bonchev–Trinajstić information content (AvgIpc) is 1.34. The Morgan fingerprint density at radius 1 is 0.457 bits per heavy atom. The largest absolute Gasteiger partial charge is 0.458 e. The molecule has 5 nitrogen and oxygen atoms in total. The van der Waals surface area contributed by atoms with Crippen LogP contribution >= 0.6 is 0 Å². The molecule has 0 bridgehead atoms. The first-order valence-corrected chi connectivity index (χ1v) is 26.7. The van der Waals surface area contributed by atoms with Crippen molar-refractivity contribution >= 4 is 32.8 Å². The maximum absolute atomic E-state index is 10.4. The fourth-order valence-electron chi connectivity index (χ4n) is 11.5. The van der Waals surface area contributed by atoms with Gasteiger partial charge in [-0.3, -0.25) is 13.7 Å². The Balaban J connectivity index is 1.02. The fraction of sp³-hybridized carbons (Fsp3) is 0.0526. The van der Waals surface area contributed by atoms with Gasteiger partial charge in [-0.15, -0.1) is 0 Å². The van der Waals surface area contributed by atoms with Gasteiger partial charge in [0.1, 0.15) is 17.3 Å². The summed E-state index contributed by atoms with van der Waals surface area (Å²) >= 11 is 0. The smallest absolute Gasteiger partial charge is 0.269 e. The van der Waals surface area contributed by atoms with Crippen LogP contribution in [0.3, 0.4) is 0 Å². The summed E-state index contributed by atoms with van der Waals surface area (Å²) in [5.41, 5.74) is 9.70. The van der Waals surface area contributed by atoms with Crippen molar-refractivity contribution in [2.24, 2.45) is 0 Å². The van der Waals surface area contributed by atoms with Gasteiger partial charge in [-0.25, -0.2) is 4.98 Å². The third-order valence-electron chi connectivity index (χ3n) is 15.2. The predicted octanol–water partition coefficient (Wildman–Crippen LogP) is 19.3. The quantitative estimate of drug-likeness (QED) is 0.112. The number of ether oxygens (including phenoxy) is 1. The van der Waals surface area contributed by atoms with Crippen LogP contribution in [-0.4, -0.2) is 14.1 Å². The summed E-state index contributed by atoms with van der Waals surface area (Å²) in [4.78, 5) is 4.89. The average molecular weight is 1050 g/mol. The number of nitrogens with zero attached hydrogens (tertiary/aromatic N) is 4. The van der Waals surface area contributed by atoms with Gasteiger partial charge in [-0.05, 0) is 156 Å². The summed E-state index contributed by atoms with van der Waals surface area (Å²) in [5, 5.41) is 2.10. The highest BCUT2D eigenvalue weighted by atomic mass is 16.5. The molecule has 3 aromatic heterocycles. The lowest BCUT2D eigenvalue weighted by atomic mass is 9.84. The zero-order valence-corrected chi connectivity index (χ0v) is 44.2. The molecule has 0 spiro atoms. The lowest BCUT2D eigenvalue weighted by Crippen LogP contribution is -2.32. The molecule has 0 atom stereocenters. The van der Waals surface area contributed by atoms with Crippen LogP contribution < -0.4 is 9.30 Å². The number of rotatable bonds is 8. The lowest BCUT2D eigenvalue weighted by molar-refractivity contribution is -0.570. The summed E-state index contributed by atoms with van der Waals surface area (Å²) < 4.78 is 133. The first-order chi connectivity index (χ1) is 45.2. The molecular formula is C76H54N4O. The zero-order chi connectivity index (χ0) is 65.5. The van der Waals surface area contributed by atoms with E-state index in [0.717, 1.165) is 72.1 Å². The van der Waals surface area contributed by atoms with E-state index in [0.29, 0.717) is 39.5 Å². The van der Waals surface area contributed by atoms with Crippen LogP contribution in [0.25, 0.3) is 128 Å². The molecule has 4 heterocycles. The highest BCUT2D eigenvalue weighted by Gasteiger charge is 2.28. The van der Waals surface area contributed by atoms with Crippen LogP contribution in [0, 0.1) is 6.33 Å². The van der Waals surface area contributed by atoms with Gasteiger partial charge in [0.15, 0.2) is 0 Å². The molecule has 0 saturated carbocycles. The molecule has 11 aromatic carbocycles. The van der Waals surface area contributed by atoms with Gasteiger partial charge >= 0.3 is 0 Å². The van der Waals surface area contributed by atoms with Gasteiger partial charge in [0.05, 0.1) is 51.3 Å². The van der Waals surface area contributed by atoms with Crippen molar-refractivity contribution in [2.45, 2.75) is 26.2 Å². The fourth-order valence-corrected chi connectivity index (χ4v) is 11.5. The highest BCUT2D eigenvalue weighted by molar-refractivity contribution is 6.10. The van der Waals surface area contributed by atoms with Crippen LogP contribution in [0.1, 0.15) is 44.2 Å². The summed E-state index contributed by atoms with van der Waals surface area (Å²) in [6.07, 6.45) is 5.62. The van der Waals surface area contributed by atoms with Crippen molar-refractivity contribution in [1.82, 2.24) is 14.1 Å². The highest BCUT2D eigenvalue weighted by Crippen LogP contribution is 2.49. The van der Waals surface area contributed by atoms with E-state index in [1.54, 1.807) is 12.1 Å². The SMILES string of the molecule is [2H]c1c([2H])c([2H])c(-c2c([2H])c(-c3cccc4c3-[n+]3[c-]n(-c5cccc(Oc6ccc7c8ccccc8n(-c8cc(C(C)(C)C)ccn8)c7c6)c5)c5cccc(c53)-c3c(-c5ccccc5)cccc3-c3ccccc3-4)c([2H])c(-c3c([2H])c([2H])c([2H])c([2H])c3[2H])c2[2H])c([2H])c1[2H]. The number of benzene rings is 11. The molecule has 15 rings (SSSR count). The van der Waals surface area contributed by atoms with Gasteiger partial charge in [0.2, 0.25) is 0 Å². The maximum atomic E-state index is 10.4. The van der Waals surface area contributed by atoms with Crippen LogP contribution in [-0.2, 0) is 5.41 Å². The van der Waals surface area contributed by atoms with E-state index in [4.69, 9.17) is 17.9 Å². The molecule has 14 aromatic rings.